The Hall–Kier alpha value is -2.47. The number of nitrogens with zero attached hydrogens (tertiary/aromatic N) is 3. The van der Waals surface area contributed by atoms with Gasteiger partial charge in [-0.15, -0.1) is 0 Å². The lowest BCUT2D eigenvalue weighted by Crippen LogP contribution is -2.38. The normalized spacial score (nSPS) is 20.0. The number of amides is 1. The van der Waals surface area contributed by atoms with Crippen molar-refractivity contribution in [2.75, 3.05) is 36.5 Å². The zero-order valence-electron chi connectivity index (χ0n) is 14.1. The molecule has 1 saturated heterocycles. The molecular formula is C19H22N4O2. The molecule has 2 heterocycles. The molecule has 1 fully saturated rings. The summed E-state index contributed by atoms with van der Waals surface area (Å²) in [5, 5.41) is 3.00. The standard InChI is InChI=1S/C19H22N4O2/c24-18(21-16-4-2-1-3-5-16)14-6-7-17-15(12-14)13-20-19(22-17)23-8-10-25-11-9-23/h1-5,13-14H,6-12H2,(H,21,24)/t14-/m1/s1. The second-order valence-corrected chi connectivity index (χ2v) is 6.54. The SMILES string of the molecule is O=C(Nc1ccccc1)[C@@H]1CCc2nc(N3CCOCC3)ncc2C1. The number of ether oxygens (including phenoxy) is 1. The van der Waals surface area contributed by atoms with Crippen LogP contribution in [0.3, 0.4) is 0 Å². The van der Waals surface area contributed by atoms with E-state index >= 15 is 0 Å². The molecule has 0 radical (unpaired) electrons. The van der Waals surface area contributed by atoms with E-state index in [1.54, 1.807) is 0 Å². The van der Waals surface area contributed by atoms with E-state index in [9.17, 15) is 4.79 Å². The topological polar surface area (TPSA) is 67.4 Å². The molecule has 1 aromatic heterocycles. The maximum atomic E-state index is 12.5. The van der Waals surface area contributed by atoms with Crippen LogP contribution in [0.1, 0.15) is 17.7 Å². The van der Waals surface area contributed by atoms with Crippen LogP contribution in [-0.4, -0.2) is 42.2 Å². The lowest BCUT2D eigenvalue weighted by molar-refractivity contribution is -0.120. The molecule has 0 unspecified atom stereocenters. The van der Waals surface area contributed by atoms with E-state index in [4.69, 9.17) is 9.72 Å². The first-order chi connectivity index (χ1) is 12.3. The van der Waals surface area contributed by atoms with Crippen LogP contribution < -0.4 is 10.2 Å². The second kappa shape index (κ2) is 7.19. The minimum absolute atomic E-state index is 0.0226. The summed E-state index contributed by atoms with van der Waals surface area (Å²) in [7, 11) is 0. The predicted molar refractivity (Wildman–Crippen MR) is 95.7 cm³/mol. The summed E-state index contributed by atoms with van der Waals surface area (Å²) >= 11 is 0. The third kappa shape index (κ3) is 3.64. The number of hydrogen-bond donors (Lipinski definition) is 1. The number of aromatic nitrogens is 2. The van der Waals surface area contributed by atoms with Gasteiger partial charge in [0.15, 0.2) is 0 Å². The van der Waals surface area contributed by atoms with E-state index in [0.717, 1.165) is 62.0 Å². The van der Waals surface area contributed by atoms with Gasteiger partial charge in [0.2, 0.25) is 11.9 Å². The number of benzene rings is 1. The van der Waals surface area contributed by atoms with Crippen LogP contribution in [0.15, 0.2) is 36.5 Å². The lowest BCUT2D eigenvalue weighted by atomic mass is 9.86. The molecule has 2 aliphatic rings. The zero-order chi connectivity index (χ0) is 17.1. The molecule has 130 valence electrons. The van der Waals surface area contributed by atoms with Crippen LogP contribution in [-0.2, 0) is 22.4 Å². The quantitative estimate of drug-likeness (QED) is 0.928. The van der Waals surface area contributed by atoms with Crippen LogP contribution in [0.25, 0.3) is 0 Å². The molecule has 1 atom stereocenters. The summed E-state index contributed by atoms with van der Waals surface area (Å²) in [6, 6.07) is 9.61. The van der Waals surface area contributed by atoms with Gasteiger partial charge in [-0.05, 0) is 37.0 Å². The molecule has 1 N–H and O–H groups in total. The van der Waals surface area contributed by atoms with Gasteiger partial charge in [0.25, 0.3) is 0 Å². The fourth-order valence-electron chi connectivity index (χ4n) is 3.40. The van der Waals surface area contributed by atoms with Crippen molar-refractivity contribution in [1.82, 2.24) is 9.97 Å². The Morgan fingerprint density at radius 3 is 2.80 bits per heavy atom. The summed E-state index contributed by atoms with van der Waals surface area (Å²) in [5.41, 5.74) is 3.02. The number of hydrogen-bond acceptors (Lipinski definition) is 5. The van der Waals surface area contributed by atoms with Gasteiger partial charge in [-0.1, -0.05) is 18.2 Å². The van der Waals surface area contributed by atoms with Gasteiger partial charge in [0.1, 0.15) is 0 Å². The predicted octanol–water partition coefficient (Wildman–Crippen LogP) is 2.06. The van der Waals surface area contributed by atoms with Gasteiger partial charge in [-0.25, -0.2) is 9.97 Å². The van der Waals surface area contributed by atoms with Gasteiger partial charge in [-0.2, -0.15) is 0 Å². The minimum Gasteiger partial charge on any atom is -0.378 e. The van der Waals surface area contributed by atoms with Crippen molar-refractivity contribution in [3.8, 4) is 0 Å². The lowest BCUT2D eigenvalue weighted by Gasteiger charge is -2.28. The largest absolute Gasteiger partial charge is 0.378 e. The Labute approximate surface area is 147 Å². The Morgan fingerprint density at radius 2 is 2.00 bits per heavy atom. The molecule has 0 saturated carbocycles. The van der Waals surface area contributed by atoms with Crippen LogP contribution in [0.2, 0.25) is 0 Å². The molecule has 6 nitrogen and oxygen atoms in total. The van der Waals surface area contributed by atoms with Gasteiger partial charge in [0.05, 0.1) is 13.2 Å². The van der Waals surface area contributed by atoms with Crippen LogP contribution in [0.5, 0.6) is 0 Å². The summed E-state index contributed by atoms with van der Waals surface area (Å²) in [6.07, 6.45) is 4.25. The number of carbonyl (C=O) groups excluding carboxylic acids is 1. The first-order valence-corrected chi connectivity index (χ1v) is 8.83. The van der Waals surface area contributed by atoms with Crippen LogP contribution in [0, 0.1) is 5.92 Å². The number of anilines is 2. The van der Waals surface area contributed by atoms with Crippen molar-refractivity contribution in [3.63, 3.8) is 0 Å². The molecule has 6 heteroatoms. The fourth-order valence-corrected chi connectivity index (χ4v) is 3.40. The maximum Gasteiger partial charge on any atom is 0.227 e. The molecule has 1 amide bonds. The molecule has 25 heavy (non-hydrogen) atoms. The van der Waals surface area contributed by atoms with E-state index in [1.165, 1.54) is 0 Å². The third-order valence-electron chi connectivity index (χ3n) is 4.84. The maximum absolute atomic E-state index is 12.5. The van der Waals surface area contributed by atoms with E-state index in [2.05, 4.69) is 15.2 Å². The number of morpholine rings is 1. The molecule has 4 rings (SSSR count). The number of fused-ring (bicyclic) bond motifs is 1. The Bertz CT molecular complexity index is 744. The van der Waals surface area contributed by atoms with Crippen LogP contribution in [0.4, 0.5) is 11.6 Å². The Morgan fingerprint density at radius 1 is 1.20 bits per heavy atom. The highest BCUT2D eigenvalue weighted by Gasteiger charge is 2.27. The summed E-state index contributed by atoms with van der Waals surface area (Å²) in [4.78, 5) is 23.9. The van der Waals surface area contributed by atoms with Crippen molar-refractivity contribution >= 4 is 17.5 Å². The minimum atomic E-state index is -0.0226. The highest BCUT2D eigenvalue weighted by Crippen LogP contribution is 2.26. The molecule has 1 aliphatic carbocycles. The van der Waals surface area contributed by atoms with Crippen LogP contribution >= 0.6 is 0 Å². The van der Waals surface area contributed by atoms with Gasteiger partial charge in [-0.3, -0.25) is 4.79 Å². The van der Waals surface area contributed by atoms with Crippen molar-refractivity contribution < 1.29 is 9.53 Å². The van der Waals surface area contributed by atoms with Gasteiger partial charge < -0.3 is 15.0 Å². The highest BCUT2D eigenvalue weighted by atomic mass is 16.5. The molecule has 1 aliphatic heterocycles. The van der Waals surface area contributed by atoms with Crippen molar-refractivity contribution in [3.05, 3.63) is 47.8 Å². The monoisotopic (exact) mass is 338 g/mol. The number of carbonyl (C=O) groups is 1. The van der Waals surface area contributed by atoms with Crippen molar-refractivity contribution in [2.24, 2.45) is 5.92 Å². The Kier molecular flexibility index (Phi) is 4.61. The molecule has 0 bridgehead atoms. The number of para-hydroxylation sites is 1. The summed E-state index contributed by atoms with van der Waals surface area (Å²) < 4.78 is 5.38. The number of aryl methyl sites for hydroxylation is 1. The zero-order valence-corrected chi connectivity index (χ0v) is 14.1. The molecule has 1 aromatic carbocycles. The summed E-state index contributed by atoms with van der Waals surface area (Å²) in [5.74, 6) is 0.842. The third-order valence-corrected chi connectivity index (χ3v) is 4.84. The average molecular weight is 338 g/mol. The molecule has 2 aromatic rings. The van der Waals surface area contributed by atoms with Gasteiger partial charge in [0, 0.05) is 36.6 Å². The number of rotatable bonds is 3. The van der Waals surface area contributed by atoms with Crippen molar-refractivity contribution in [1.29, 1.82) is 0 Å². The van der Waals surface area contributed by atoms with E-state index in [0.29, 0.717) is 6.42 Å². The first kappa shape index (κ1) is 16.0. The second-order valence-electron chi connectivity index (χ2n) is 6.54. The van der Waals surface area contributed by atoms with E-state index < -0.39 is 0 Å². The van der Waals surface area contributed by atoms with Crippen molar-refractivity contribution in [2.45, 2.75) is 19.3 Å². The summed E-state index contributed by atoms with van der Waals surface area (Å²) in [6.45, 7) is 3.12. The smallest absolute Gasteiger partial charge is 0.227 e. The molecular weight excluding hydrogens is 316 g/mol. The van der Waals surface area contributed by atoms with E-state index in [1.807, 2.05) is 36.5 Å². The Balaban J connectivity index is 1.43. The fraction of sp³-hybridized carbons (Fsp3) is 0.421. The van der Waals surface area contributed by atoms with E-state index in [-0.39, 0.29) is 11.8 Å². The number of nitrogens with one attached hydrogen (secondary N) is 1. The highest BCUT2D eigenvalue weighted by molar-refractivity contribution is 5.92. The average Bonchev–Trinajstić information content (AvgIpc) is 2.68. The molecule has 0 spiro atoms. The van der Waals surface area contributed by atoms with Gasteiger partial charge >= 0.3 is 0 Å². The first-order valence-electron chi connectivity index (χ1n) is 8.83.